The summed E-state index contributed by atoms with van der Waals surface area (Å²) in [6.07, 6.45) is 0. The minimum atomic E-state index is 0.0389. The molecule has 1 heterocycles. The number of rotatable bonds is 1. The molecule has 0 spiro atoms. The van der Waals surface area contributed by atoms with Gasteiger partial charge in [-0.05, 0) is 18.2 Å². The summed E-state index contributed by atoms with van der Waals surface area (Å²) in [5, 5.41) is 9.13. The Morgan fingerprint density at radius 2 is 1.92 bits per heavy atom. The molecule has 0 bridgehead atoms. The smallest absolute Gasteiger partial charge is 0.162 e. The highest BCUT2D eigenvalue weighted by Gasteiger charge is 2.11. The number of hydrogen-bond donors (Lipinski definition) is 1. The lowest BCUT2D eigenvalue weighted by Gasteiger charge is -2.18. The van der Waals surface area contributed by atoms with Crippen molar-refractivity contribution in [2.24, 2.45) is 0 Å². The fourth-order valence-electron chi connectivity index (χ4n) is 1.22. The Kier molecular flexibility index (Phi) is 1.85. The van der Waals surface area contributed by atoms with Crippen molar-refractivity contribution >= 4 is 5.76 Å². The van der Waals surface area contributed by atoms with Crippen LogP contribution in [0, 0.1) is 0 Å². The summed E-state index contributed by atoms with van der Waals surface area (Å²) in [7, 11) is 0. The lowest BCUT2D eigenvalue weighted by Crippen LogP contribution is -2.15. The van der Waals surface area contributed by atoms with E-state index in [-0.39, 0.29) is 5.76 Å². The third-order valence-corrected chi connectivity index (χ3v) is 1.88. The second kappa shape index (κ2) is 3.01. The third-order valence-electron chi connectivity index (χ3n) is 1.88. The topological polar surface area (TPSA) is 38.7 Å². The molecule has 1 N–H and O–H groups in total. The minimum Gasteiger partial charge on any atom is -0.508 e. The van der Waals surface area contributed by atoms with Crippen molar-refractivity contribution in [2.75, 3.05) is 13.2 Å². The van der Waals surface area contributed by atoms with Gasteiger partial charge in [-0.1, -0.05) is 6.58 Å². The highest BCUT2D eigenvalue weighted by atomic mass is 16.6. The molecular weight excluding hydrogens is 168 g/mol. The van der Waals surface area contributed by atoms with Gasteiger partial charge in [-0.2, -0.15) is 0 Å². The molecule has 0 radical (unpaired) electrons. The van der Waals surface area contributed by atoms with Gasteiger partial charge in [0.2, 0.25) is 0 Å². The van der Waals surface area contributed by atoms with Crippen molar-refractivity contribution in [1.29, 1.82) is 0 Å². The zero-order valence-corrected chi connectivity index (χ0v) is 7.12. The predicted octanol–water partition coefficient (Wildman–Crippen LogP) is 1.99. The molecule has 0 saturated carbocycles. The first-order valence-electron chi connectivity index (χ1n) is 4.05. The molecule has 0 aromatic heterocycles. The average molecular weight is 178 g/mol. The van der Waals surface area contributed by atoms with Crippen LogP contribution in [0.4, 0.5) is 0 Å². The molecule has 3 nitrogen and oxygen atoms in total. The van der Waals surface area contributed by atoms with Gasteiger partial charge in [0.25, 0.3) is 0 Å². The van der Waals surface area contributed by atoms with E-state index in [0.717, 1.165) is 5.75 Å². The molecule has 13 heavy (non-hydrogen) atoms. The maximum absolute atomic E-state index is 9.13. The Hall–Kier alpha value is -1.64. The van der Waals surface area contributed by atoms with Gasteiger partial charge < -0.3 is 14.6 Å². The molecule has 3 heteroatoms. The average Bonchev–Trinajstić information content (AvgIpc) is 2.17. The number of aliphatic hydroxyl groups excluding tert-OH is 1. The lowest BCUT2D eigenvalue weighted by atomic mass is 10.2. The molecule has 1 aliphatic heterocycles. The summed E-state index contributed by atoms with van der Waals surface area (Å²) in [4.78, 5) is 0. The van der Waals surface area contributed by atoms with Crippen molar-refractivity contribution in [2.45, 2.75) is 0 Å². The molecule has 68 valence electrons. The fourth-order valence-corrected chi connectivity index (χ4v) is 1.22. The Balaban J connectivity index is 2.40. The SMILES string of the molecule is C=C(O)c1ccc2c(c1)OCCO2. The highest BCUT2D eigenvalue weighted by Crippen LogP contribution is 2.31. The van der Waals surface area contributed by atoms with Crippen LogP contribution in [0.15, 0.2) is 24.8 Å². The van der Waals surface area contributed by atoms with Crippen molar-refractivity contribution in [3.8, 4) is 11.5 Å². The van der Waals surface area contributed by atoms with Crippen molar-refractivity contribution in [3.63, 3.8) is 0 Å². The largest absolute Gasteiger partial charge is 0.508 e. The molecule has 2 rings (SSSR count). The van der Waals surface area contributed by atoms with E-state index < -0.39 is 0 Å². The van der Waals surface area contributed by atoms with Crippen molar-refractivity contribution in [1.82, 2.24) is 0 Å². The molecule has 1 aromatic carbocycles. The van der Waals surface area contributed by atoms with Crippen LogP contribution in [0.3, 0.4) is 0 Å². The van der Waals surface area contributed by atoms with Gasteiger partial charge in [-0.15, -0.1) is 0 Å². The molecule has 0 fully saturated rings. The lowest BCUT2D eigenvalue weighted by molar-refractivity contribution is 0.171. The summed E-state index contributed by atoms with van der Waals surface area (Å²) in [5.74, 6) is 1.42. The van der Waals surface area contributed by atoms with E-state index in [9.17, 15) is 0 Å². The molecule has 1 aromatic rings. The van der Waals surface area contributed by atoms with E-state index in [1.807, 2.05) is 0 Å². The number of hydrogen-bond acceptors (Lipinski definition) is 3. The van der Waals surface area contributed by atoms with Gasteiger partial charge in [-0.25, -0.2) is 0 Å². The van der Waals surface area contributed by atoms with Crippen LogP contribution < -0.4 is 9.47 Å². The van der Waals surface area contributed by atoms with E-state index >= 15 is 0 Å². The standard InChI is InChI=1S/C10H10O3/c1-7(11)8-2-3-9-10(6-8)13-5-4-12-9/h2-3,6,11H,1,4-5H2. The van der Waals surface area contributed by atoms with Crippen LogP contribution in [0.5, 0.6) is 11.5 Å². The van der Waals surface area contributed by atoms with Gasteiger partial charge >= 0.3 is 0 Å². The normalized spacial score (nSPS) is 13.8. The summed E-state index contributed by atoms with van der Waals surface area (Å²) in [5.41, 5.74) is 0.657. The zero-order valence-electron chi connectivity index (χ0n) is 7.12. The predicted molar refractivity (Wildman–Crippen MR) is 49.1 cm³/mol. The Labute approximate surface area is 76.2 Å². The quantitative estimate of drug-likeness (QED) is 0.668. The van der Waals surface area contributed by atoms with Gasteiger partial charge in [0.05, 0.1) is 0 Å². The minimum absolute atomic E-state index is 0.0389. The summed E-state index contributed by atoms with van der Waals surface area (Å²) >= 11 is 0. The van der Waals surface area contributed by atoms with Gasteiger partial charge in [0.1, 0.15) is 19.0 Å². The van der Waals surface area contributed by atoms with Crippen LogP contribution >= 0.6 is 0 Å². The van der Waals surface area contributed by atoms with Crippen LogP contribution in [0.2, 0.25) is 0 Å². The first-order chi connectivity index (χ1) is 6.27. The maximum Gasteiger partial charge on any atom is 0.162 e. The van der Waals surface area contributed by atoms with Gasteiger partial charge in [0, 0.05) is 5.56 Å². The van der Waals surface area contributed by atoms with Crippen LogP contribution in [0.25, 0.3) is 5.76 Å². The molecule has 0 amide bonds. The molecular formula is C10H10O3. The highest BCUT2D eigenvalue weighted by molar-refractivity contribution is 5.60. The van der Waals surface area contributed by atoms with E-state index in [0.29, 0.717) is 24.5 Å². The number of aliphatic hydroxyl groups is 1. The van der Waals surface area contributed by atoms with Crippen molar-refractivity contribution in [3.05, 3.63) is 30.3 Å². The van der Waals surface area contributed by atoms with Crippen LogP contribution in [-0.2, 0) is 0 Å². The van der Waals surface area contributed by atoms with Crippen LogP contribution in [0.1, 0.15) is 5.56 Å². The second-order valence-electron chi connectivity index (χ2n) is 2.81. The number of benzene rings is 1. The fraction of sp³-hybridized carbons (Fsp3) is 0.200. The van der Waals surface area contributed by atoms with E-state index in [1.54, 1.807) is 18.2 Å². The summed E-state index contributed by atoms with van der Waals surface area (Å²) in [6, 6.07) is 5.23. The third kappa shape index (κ3) is 1.45. The monoisotopic (exact) mass is 178 g/mol. The molecule has 0 saturated heterocycles. The Morgan fingerprint density at radius 3 is 2.62 bits per heavy atom. The van der Waals surface area contributed by atoms with Gasteiger partial charge in [0.15, 0.2) is 11.5 Å². The molecule has 0 atom stereocenters. The first-order valence-corrected chi connectivity index (χ1v) is 4.05. The van der Waals surface area contributed by atoms with E-state index in [2.05, 4.69) is 6.58 Å². The number of fused-ring (bicyclic) bond motifs is 1. The number of ether oxygens (including phenoxy) is 2. The van der Waals surface area contributed by atoms with E-state index in [4.69, 9.17) is 14.6 Å². The maximum atomic E-state index is 9.13. The van der Waals surface area contributed by atoms with E-state index in [1.165, 1.54) is 0 Å². The van der Waals surface area contributed by atoms with Gasteiger partial charge in [-0.3, -0.25) is 0 Å². The van der Waals surface area contributed by atoms with Crippen molar-refractivity contribution < 1.29 is 14.6 Å². The summed E-state index contributed by atoms with van der Waals surface area (Å²) in [6.45, 7) is 4.56. The molecule has 1 aliphatic rings. The summed E-state index contributed by atoms with van der Waals surface area (Å²) < 4.78 is 10.7. The Morgan fingerprint density at radius 1 is 1.23 bits per heavy atom. The molecule has 0 aliphatic carbocycles. The zero-order chi connectivity index (χ0) is 9.26. The molecule has 0 unspecified atom stereocenters. The second-order valence-corrected chi connectivity index (χ2v) is 2.81. The Bertz CT molecular complexity index is 344. The first kappa shape index (κ1) is 7.98. The van der Waals surface area contributed by atoms with Crippen LogP contribution in [-0.4, -0.2) is 18.3 Å².